The topological polar surface area (TPSA) is 132 Å². The van der Waals surface area contributed by atoms with Crippen LogP contribution in [0.2, 0.25) is 0 Å². The predicted octanol–water partition coefficient (Wildman–Crippen LogP) is 2.00. The minimum Gasteiger partial charge on any atom is -0.474 e. The van der Waals surface area contributed by atoms with E-state index in [0.717, 1.165) is 31.2 Å². The molecule has 32 heavy (non-hydrogen) atoms. The van der Waals surface area contributed by atoms with Gasteiger partial charge in [-0.15, -0.1) is 0 Å². The number of carbonyl (C=O) groups excluding carboxylic acids is 2. The fourth-order valence-corrected chi connectivity index (χ4v) is 4.92. The molecule has 0 bridgehead atoms. The van der Waals surface area contributed by atoms with Crippen molar-refractivity contribution in [3.63, 3.8) is 0 Å². The van der Waals surface area contributed by atoms with E-state index < -0.39 is 12.0 Å². The summed E-state index contributed by atoms with van der Waals surface area (Å²) in [5, 5.41) is 12.8. The first-order chi connectivity index (χ1) is 15.3. The van der Waals surface area contributed by atoms with Gasteiger partial charge < -0.3 is 20.9 Å². The fraction of sp³-hybridized carbons (Fsp3) is 0.391. The number of fused-ring (bicyclic) bond motifs is 1. The first kappa shape index (κ1) is 20.4. The number of pyridine rings is 2. The number of hydrogen-bond donors (Lipinski definition) is 3. The third-order valence-electron chi connectivity index (χ3n) is 6.58. The number of aliphatic hydroxyl groups is 1. The number of hydrogen-bond acceptors (Lipinski definition) is 6. The zero-order valence-electron chi connectivity index (χ0n) is 17.7. The first-order valence-electron chi connectivity index (χ1n) is 10.7. The van der Waals surface area contributed by atoms with Crippen molar-refractivity contribution in [2.75, 3.05) is 0 Å². The van der Waals surface area contributed by atoms with Crippen LogP contribution in [0.4, 0.5) is 0 Å². The molecule has 9 nitrogen and oxygen atoms in total. The molecule has 3 heterocycles. The quantitative estimate of drug-likeness (QED) is 0.543. The Labute approximate surface area is 184 Å². The van der Waals surface area contributed by atoms with Crippen LogP contribution in [0.1, 0.15) is 65.1 Å². The van der Waals surface area contributed by atoms with E-state index in [2.05, 4.69) is 15.3 Å². The average molecular weight is 435 g/mol. The van der Waals surface area contributed by atoms with Crippen LogP contribution < -0.4 is 15.8 Å². The molecule has 166 valence electrons. The molecule has 9 heteroatoms. The zero-order valence-corrected chi connectivity index (χ0v) is 17.7. The summed E-state index contributed by atoms with van der Waals surface area (Å²) in [5.74, 6) is -0.424. The standard InChI is InChI=1S/C23H25N5O4/c1-13(29)14-4-6-28-18(12-26-19(28)7-14)21(31)27-15-8-23(9-15)10-16(11-23)32-22-17(20(24)30)3-2-5-25-22/h2-7,12-13,15-16,29H,8-11H2,1H3,(H2,24,30)(H,27,31). The van der Waals surface area contributed by atoms with Crippen molar-refractivity contribution in [2.45, 2.75) is 50.9 Å². The van der Waals surface area contributed by atoms with Crippen molar-refractivity contribution < 1.29 is 19.4 Å². The van der Waals surface area contributed by atoms with Crippen LogP contribution in [0.25, 0.3) is 5.65 Å². The van der Waals surface area contributed by atoms with Gasteiger partial charge in [-0.3, -0.25) is 14.0 Å². The Morgan fingerprint density at radius 1 is 1.28 bits per heavy atom. The SMILES string of the molecule is CC(O)c1ccn2c(C(=O)NC3CC4(C3)CC(Oc3ncccc3C(N)=O)C4)cnc2c1. The van der Waals surface area contributed by atoms with Crippen LogP contribution in [0, 0.1) is 5.41 Å². The zero-order chi connectivity index (χ0) is 22.5. The largest absolute Gasteiger partial charge is 0.474 e. The molecule has 3 aromatic rings. The van der Waals surface area contributed by atoms with E-state index in [9.17, 15) is 14.7 Å². The van der Waals surface area contributed by atoms with Gasteiger partial charge in [0.2, 0.25) is 5.88 Å². The summed E-state index contributed by atoms with van der Waals surface area (Å²) in [4.78, 5) is 32.7. The molecule has 0 aromatic carbocycles. The molecule has 2 amide bonds. The Hall–Kier alpha value is -3.46. The number of imidazole rings is 1. The van der Waals surface area contributed by atoms with E-state index in [1.54, 1.807) is 54.2 Å². The summed E-state index contributed by atoms with van der Waals surface area (Å²) in [7, 11) is 0. The lowest BCUT2D eigenvalue weighted by Gasteiger charge is -2.57. The number of aromatic nitrogens is 3. The highest BCUT2D eigenvalue weighted by Crippen LogP contribution is 2.56. The van der Waals surface area contributed by atoms with E-state index in [1.165, 1.54) is 0 Å². The third kappa shape index (κ3) is 3.58. The number of carbonyl (C=O) groups is 2. The van der Waals surface area contributed by atoms with Gasteiger partial charge in [-0.1, -0.05) is 0 Å². The molecule has 4 N–H and O–H groups in total. The van der Waals surface area contributed by atoms with E-state index >= 15 is 0 Å². The summed E-state index contributed by atoms with van der Waals surface area (Å²) in [6, 6.07) is 6.94. The van der Waals surface area contributed by atoms with Gasteiger partial charge in [0.15, 0.2) is 0 Å². The van der Waals surface area contributed by atoms with Crippen LogP contribution in [-0.4, -0.2) is 43.4 Å². The molecular weight excluding hydrogens is 410 g/mol. The lowest BCUT2D eigenvalue weighted by atomic mass is 9.53. The monoisotopic (exact) mass is 435 g/mol. The molecule has 1 spiro atoms. The second kappa shape index (κ2) is 7.59. The van der Waals surface area contributed by atoms with Crippen molar-refractivity contribution >= 4 is 17.5 Å². The minimum absolute atomic E-state index is 0.00142. The van der Waals surface area contributed by atoms with Gasteiger partial charge in [0, 0.05) is 18.4 Å². The van der Waals surface area contributed by atoms with Gasteiger partial charge in [-0.25, -0.2) is 9.97 Å². The highest BCUT2D eigenvalue weighted by atomic mass is 16.5. The molecule has 2 aliphatic rings. The van der Waals surface area contributed by atoms with Crippen LogP contribution in [0.15, 0.2) is 42.9 Å². The Morgan fingerprint density at radius 3 is 2.78 bits per heavy atom. The molecule has 0 aliphatic heterocycles. The maximum atomic E-state index is 12.8. The van der Waals surface area contributed by atoms with Gasteiger partial charge in [0.05, 0.1) is 12.3 Å². The van der Waals surface area contributed by atoms with Crippen molar-refractivity contribution in [2.24, 2.45) is 11.1 Å². The van der Waals surface area contributed by atoms with E-state index in [4.69, 9.17) is 10.5 Å². The van der Waals surface area contributed by atoms with Gasteiger partial charge in [-0.2, -0.15) is 0 Å². The van der Waals surface area contributed by atoms with Crippen molar-refractivity contribution in [1.82, 2.24) is 19.7 Å². The number of amides is 2. The van der Waals surface area contributed by atoms with Crippen LogP contribution in [0.5, 0.6) is 5.88 Å². The normalized spacial score (nSPS) is 25.1. The number of primary amides is 1. The number of ether oxygens (including phenoxy) is 1. The number of aliphatic hydroxyl groups excluding tert-OH is 1. The van der Waals surface area contributed by atoms with Crippen LogP contribution >= 0.6 is 0 Å². The smallest absolute Gasteiger partial charge is 0.270 e. The molecule has 0 saturated heterocycles. The van der Waals surface area contributed by atoms with Crippen LogP contribution in [-0.2, 0) is 0 Å². The Morgan fingerprint density at radius 2 is 2.06 bits per heavy atom. The van der Waals surface area contributed by atoms with Gasteiger partial charge in [0.25, 0.3) is 11.8 Å². The van der Waals surface area contributed by atoms with E-state index in [1.807, 2.05) is 0 Å². The van der Waals surface area contributed by atoms with E-state index in [0.29, 0.717) is 16.9 Å². The molecule has 2 fully saturated rings. The molecule has 5 rings (SSSR count). The molecule has 1 unspecified atom stereocenters. The number of nitrogens with two attached hydrogens (primary N) is 1. The third-order valence-corrected chi connectivity index (χ3v) is 6.58. The summed E-state index contributed by atoms with van der Waals surface area (Å²) in [5.41, 5.74) is 7.71. The second-order valence-electron chi connectivity index (χ2n) is 8.95. The van der Waals surface area contributed by atoms with Crippen molar-refractivity contribution in [3.8, 4) is 5.88 Å². The maximum Gasteiger partial charge on any atom is 0.270 e. The highest BCUT2D eigenvalue weighted by molar-refractivity contribution is 5.95. The Kier molecular flexibility index (Phi) is 4.85. The van der Waals surface area contributed by atoms with Gasteiger partial charge in [-0.05, 0) is 67.9 Å². The van der Waals surface area contributed by atoms with E-state index in [-0.39, 0.29) is 29.3 Å². The molecule has 2 saturated carbocycles. The molecule has 0 radical (unpaired) electrons. The summed E-state index contributed by atoms with van der Waals surface area (Å²) in [6.07, 6.45) is 7.83. The lowest BCUT2D eigenvalue weighted by Crippen LogP contribution is -2.58. The molecule has 2 aliphatic carbocycles. The highest BCUT2D eigenvalue weighted by Gasteiger charge is 2.54. The summed E-state index contributed by atoms with van der Waals surface area (Å²) >= 11 is 0. The van der Waals surface area contributed by atoms with Gasteiger partial charge >= 0.3 is 0 Å². The molecule has 3 aromatic heterocycles. The average Bonchev–Trinajstić information content (AvgIpc) is 3.14. The maximum absolute atomic E-state index is 12.8. The first-order valence-corrected chi connectivity index (χ1v) is 10.7. The molecule has 1 atom stereocenters. The van der Waals surface area contributed by atoms with Crippen molar-refractivity contribution in [3.05, 3.63) is 59.7 Å². The second-order valence-corrected chi connectivity index (χ2v) is 8.95. The minimum atomic E-state index is -0.588. The number of nitrogens with zero attached hydrogens (tertiary/aromatic N) is 3. The summed E-state index contributed by atoms with van der Waals surface area (Å²) in [6.45, 7) is 1.69. The number of rotatable bonds is 6. The summed E-state index contributed by atoms with van der Waals surface area (Å²) < 4.78 is 7.62. The lowest BCUT2D eigenvalue weighted by molar-refractivity contribution is -0.0848. The fourth-order valence-electron chi connectivity index (χ4n) is 4.92. The number of nitrogens with one attached hydrogen (secondary N) is 1. The Balaban J connectivity index is 1.15. The molecular formula is C23H25N5O4. The predicted molar refractivity (Wildman–Crippen MR) is 115 cm³/mol. The van der Waals surface area contributed by atoms with Crippen molar-refractivity contribution in [1.29, 1.82) is 0 Å². The van der Waals surface area contributed by atoms with Gasteiger partial charge in [0.1, 0.15) is 23.0 Å². The van der Waals surface area contributed by atoms with Crippen LogP contribution in [0.3, 0.4) is 0 Å². The Bertz CT molecular complexity index is 1190.